The first kappa shape index (κ1) is 9.20. The number of hydrogen-bond donors (Lipinski definition) is 0. The Kier molecular flexibility index (Phi) is 2.99. The molecule has 1 saturated heterocycles. The van der Waals surface area contributed by atoms with Gasteiger partial charge in [-0.2, -0.15) is 0 Å². The van der Waals surface area contributed by atoms with E-state index in [1.807, 2.05) is 0 Å². The van der Waals surface area contributed by atoms with Crippen molar-refractivity contribution < 1.29 is 9.53 Å². The second kappa shape index (κ2) is 4.23. The van der Waals surface area contributed by atoms with Crippen LogP contribution in [0.25, 0.3) is 0 Å². The minimum Gasteiger partial charge on any atom is -0.381 e. The van der Waals surface area contributed by atoms with Crippen LogP contribution < -0.4 is 0 Å². The fourth-order valence-corrected chi connectivity index (χ4v) is 2.13. The quantitative estimate of drug-likeness (QED) is 0.668. The molecule has 1 aliphatic carbocycles. The maximum Gasteiger partial charge on any atom is 0.136 e. The largest absolute Gasteiger partial charge is 0.381 e. The summed E-state index contributed by atoms with van der Waals surface area (Å²) in [4.78, 5) is 11.7. The van der Waals surface area contributed by atoms with E-state index in [0.717, 1.165) is 45.3 Å². The van der Waals surface area contributed by atoms with Crippen LogP contribution in [0.4, 0.5) is 0 Å². The highest BCUT2D eigenvalue weighted by atomic mass is 16.5. The number of ether oxygens (including phenoxy) is 1. The van der Waals surface area contributed by atoms with Crippen molar-refractivity contribution in [3.8, 4) is 0 Å². The van der Waals surface area contributed by atoms with Crippen molar-refractivity contribution >= 4 is 5.78 Å². The first-order valence-electron chi connectivity index (χ1n) is 5.46. The summed E-state index contributed by atoms with van der Waals surface area (Å²) < 4.78 is 5.27. The van der Waals surface area contributed by atoms with E-state index in [1.54, 1.807) is 0 Å². The van der Waals surface area contributed by atoms with Crippen LogP contribution in [0, 0.1) is 11.8 Å². The second-order valence-corrected chi connectivity index (χ2v) is 4.35. The van der Waals surface area contributed by atoms with Crippen molar-refractivity contribution in [2.24, 2.45) is 11.8 Å². The molecule has 2 nitrogen and oxygen atoms in total. The van der Waals surface area contributed by atoms with Crippen LogP contribution >= 0.6 is 0 Å². The van der Waals surface area contributed by atoms with Gasteiger partial charge in [-0.05, 0) is 31.6 Å². The molecule has 1 saturated carbocycles. The maximum atomic E-state index is 11.7. The van der Waals surface area contributed by atoms with Crippen LogP contribution in [0.1, 0.15) is 38.5 Å². The molecule has 0 N–H and O–H groups in total. The van der Waals surface area contributed by atoms with Crippen molar-refractivity contribution in [2.45, 2.75) is 38.5 Å². The topological polar surface area (TPSA) is 26.3 Å². The molecule has 0 aromatic heterocycles. The van der Waals surface area contributed by atoms with Gasteiger partial charge in [0.25, 0.3) is 0 Å². The highest BCUT2D eigenvalue weighted by molar-refractivity contribution is 5.81. The summed E-state index contributed by atoms with van der Waals surface area (Å²) in [6, 6.07) is 0. The summed E-state index contributed by atoms with van der Waals surface area (Å²) in [5.41, 5.74) is 0. The van der Waals surface area contributed by atoms with E-state index in [2.05, 4.69) is 0 Å². The summed E-state index contributed by atoms with van der Waals surface area (Å²) in [7, 11) is 0. The summed E-state index contributed by atoms with van der Waals surface area (Å²) >= 11 is 0. The van der Waals surface area contributed by atoms with Gasteiger partial charge in [0.1, 0.15) is 5.78 Å². The van der Waals surface area contributed by atoms with Gasteiger partial charge in [0.15, 0.2) is 0 Å². The normalized spacial score (nSPS) is 25.5. The molecule has 13 heavy (non-hydrogen) atoms. The van der Waals surface area contributed by atoms with Crippen molar-refractivity contribution in [1.29, 1.82) is 0 Å². The van der Waals surface area contributed by atoms with E-state index in [0.29, 0.717) is 17.6 Å². The van der Waals surface area contributed by atoms with Gasteiger partial charge in [0.05, 0.1) is 0 Å². The molecule has 2 fully saturated rings. The van der Waals surface area contributed by atoms with Gasteiger partial charge < -0.3 is 4.74 Å². The molecular formula is C11H18O2. The third kappa shape index (κ3) is 2.31. The molecule has 1 heterocycles. The van der Waals surface area contributed by atoms with E-state index in [9.17, 15) is 4.79 Å². The Bertz CT molecular complexity index is 179. The third-order valence-corrected chi connectivity index (χ3v) is 3.39. The Morgan fingerprint density at radius 1 is 1.15 bits per heavy atom. The maximum absolute atomic E-state index is 11.7. The van der Waals surface area contributed by atoms with E-state index < -0.39 is 0 Å². The predicted molar refractivity (Wildman–Crippen MR) is 50.5 cm³/mol. The van der Waals surface area contributed by atoms with Gasteiger partial charge in [-0.25, -0.2) is 0 Å². The van der Waals surface area contributed by atoms with E-state index >= 15 is 0 Å². The van der Waals surface area contributed by atoms with Gasteiger partial charge in [-0.3, -0.25) is 4.79 Å². The number of carbonyl (C=O) groups excluding carboxylic acids is 1. The molecule has 74 valence electrons. The average molecular weight is 182 g/mol. The number of carbonyl (C=O) groups is 1. The Hall–Kier alpha value is -0.370. The van der Waals surface area contributed by atoms with E-state index in [4.69, 9.17) is 4.74 Å². The molecular weight excluding hydrogens is 164 g/mol. The van der Waals surface area contributed by atoms with Crippen molar-refractivity contribution in [3.63, 3.8) is 0 Å². The van der Waals surface area contributed by atoms with Crippen LogP contribution in [0.5, 0.6) is 0 Å². The van der Waals surface area contributed by atoms with Gasteiger partial charge in [0, 0.05) is 25.6 Å². The highest BCUT2D eigenvalue weighted by Gasteiger charge is 2.27. The van der Waals surface area contributed by atoms with Crippen molar-refractivity contribution in [1.82, 2.24) is 0 Å². The molecule has 2 rings (SSSR count). The number of ketones is 1. The van der Waals surface area contributed by atoms with E-state index in [1.165, 1.54) is 6.42 Å². The highest BCUT2D eigenvalue weighted by Crippen LogP contribution is 2.30. The summed E-state index contributed by atoms with van der Waals surface area (Å²) in [5, 5.41) is 0. The van der Waals surface area contributed by atoms with Crippen LogP contribution in [0.15, 0.2) is 0 Å². The van der Waals surface area contributed by atoms with Crippen LogP contribution in [0.2, 0.25) is 0 Å². The SMILES string of the molecule is O=C(CC1CCOCC1)C1CCC1. The molecule has 0 spiro atoms. The minimum absolute atomic E-state index is 0.433. The Balaban J connectivity index is 1.72. The molecule has 0 radical (unpaired) electrons. The summed E-state index contributed by atoms with van der Waals surface area (Å²) in [5.74, 6) is 1.59. The lowest BCUT2D eigenvalue weighted by Gasteiger charge is -2.27. The zero-order valence-electron chi connectivity index (χ0n) is 8.13. The number of hydrogen-bond acceptors (Lipinski definition) is 2. The fraction of sp³-hybridized carbons (Fsp3) is 0.909. The zero-order chi connectivity index (χ0) is 9.10. The molecule has 0 aromatic carbocycles. The number of Topliss-reactive ketones (excluding diaryl/α,β-unsaturated/α-hetero) is 1. The number of rotatable bonds is 3. The monoisotopic (exact) mass is 182 g/mol. The van der Waals surface area contributed by atoms with Crippen LogP contribution in [0.3, 0.4) is 0 Å². The Morgan fingerprint density at radius 2 is 1.85 bits per heavy atom. The Labute approximate surface area is 79.7 Å². The summed E-state index contributed by atoms with van der Waals surface area (Å²) in [6.45, 7) is 1.73. The molecule has 0 bridgehead atoms. The van der Waals surface area contributed by atoms with Gasteiger partial charge >= 0.3 is 0 Å². The van der Waals surface area contributed by atoms with Gasteiger partial charge in [-0.1, -0.05) is 6.42 Å². The predicted octanol–water partition coefficient (Wildman–Crippen LogP) is 2.17. The Morgan fingerprint density at radius 3 is 2.38 bits per heavy atom. The first-order chi connectivity index (χ1) is 6.36. The smallest absolute Gasteiger partial charge is 0.136 e. The van der Waals surface area contributed by atoms with Gasteiger partial charge in [-0.15, -0.1) is 0 Å². The average Bonchev–Trinajstić information content (AvgIpc) is 2.02. The molecule has 2 heteroatoms. The molecule has 2 aliphatic rings. The first-order valence-corrected chi connectivity index (χ1v) is 5.46. The third-order valence-electron chi connectivity index (χ3n) is 3.39. The zero-order valence-corrected chi connectivity index (χ0v) is 8.13. The summed E-state index contributed by atoms with van der Waals surface area (Å²) in [6.07, 6.45) is 6.60. The molecule has 0 aromatic rings. The second-order valence-electron chi connectivity index (χ2n) is 4.35. The van der Waals surface area contributed by atoms with E-state index in [-0.39, 0.29) is 0 Å². The van der Waals surface area contributed by atoms with Crippen LogP contribution in [-0.2, 0) is 9.53 Å². The minimum atomic E-state index is 0.433. The van der Waals surface area contributed by atoms with Crippen molar-refractivity contribution in [3.05, 3.63) is 0 Å². The molecule has 0 amide bonds. The molecule has 0 unspecified atom stereocenters. The van der Waals surface area contributed by atoms with Crippen molar-refractivity contribution in [2.75, 3.05) is 13.2 Å². The van der Waals surface area contributed by atoms with Gasteiger partial charge in [0.2, 0.25) is 0 Å². The van der Waals surface area contributed by atoms with Crippen LogP contribution in [-0.4, -0.2) is 19.0 Å². The standard InChI is InChI=1S/C11H18O2/c12-11(10-2-1-3-10)8-9-4-6-13-7-5-9/h9-10H,1-8H2. The lowest BCUT2D eigenvalue weighted by Crippen LogP contribution is -2.26. The fourth-order valence-electron chi connectivity index (χ4n) is 2.13. The lowest BCUT2D eigenvalue weighted by molar-refractivity contribution is -0.126. The lowest BCUT2D eigenvalue weighted by atomic mass is 9.78. The molecule has 0 atom stereocenters. The molecule has 1 aliphatic heterocycles.